The molecule has 0 aliphatic carbocycles. The van der Waals surface area contributed by atoms with E-state index in [0.717, 1.165) is 0 Å². The maximum atomic E-state index is 11.7. The van der Waals surface area contributed by atoms with Gasteiger partial charge in [0.05, 0.1) is 11.6 Å². The minimum atomic E-state index is -1.18. The van der Waals surface area contributed by atoms with Crippen LogP contribution in [0.3, 0.4) is 0 Å². The van der Waals surface area contributed by atoms with E-state index in [1.165, 1.54) is 25.1 Å². The minimum absolute atomic E-state index is 0.0781. The van der Waals surface area contributed by atoms with E-state index in [4.69, 9.17) is 10.8 Å². The van der Waals surface area contributed by atoms with Gasteiger partial charge in [0, 0.05) is 17.7 Å². The molecule has 4 N–H and O–H groups in total. The third-order valence-electron chi connectivity index (χ3n) is 2.55. The molecule has 0 aromatic heterocycles. The van der Waals surface area contributed by atoms with Crippen LogP contribution >= 0.6 is 0 Å². The molecule has 1 aromatic rings. The third-order valence-corrected chi connectivity index (χ3v) is 2.55. The molecule has 1 aromatic carbocycles. The topological polar surface area (TPSA) is 109 Å². The fraction of sp³-hybridized carbons (Fsp3) is 0.308. The van der Waals surface area contributed by atoms with Crippen molar-refractivity contribution in [2.24, 2.45) is 5.73 Å². The Morgan fingerprint density at radius 2 is 1.95 bits per heavy atom. The highest BCUT2D eigenvalue weighted by Crippen LogP contribution is 2.18. The molecule has 1 atom stereocenters. The summed E-state index contributed by atoms with van der Waals surface area (Å²) in [5, 5.41) is 11.5. The van der Waals surface area contributed by atoms with Crippen LogP contribution in [0.5, 0.6) is 0 Å². The molecule has 0 aliphatic rings. The molecule has 102 valence electrons. The van der Waals surface area contributed by atoms with Crippen molar-refractivity contribution in [3.63, 3.8) is 0 Å². The lowest BCUT2D eigenvalue weighted by Crippen LogP contribution is -2.32. The molecule has 0 heterocycles. The number of amides is 1. The van der Waals surface area contributed by atoms with Crippen LogP contribution in [-0.4, -0.2) is 28.8 Å². The number of hydrogen-bond acceptors (Lipinski definition) is 4. The van der Waals surface area contributed by atoms with Gasteiger partial charge in [-0.1, -0.05) is 6.92 Å². The minimum Gasteiger partial charge on any atom is -0.478 e. The Labute approximate surface area is 110 Å². The van der Waals surface area contributed by atoms with Crippen molar-refractivity contribution < 1.29 is 19.5 Å². The number of rotatable bonds is 5. The maximum absolute atomic E-state index is 11.7. The summed E-state index contributed by atoms with van der Waals surface area (Å²) in [4.78, 5) is 34.2. The second-order valence-electron chi connectivity index (χ2n) is 4.12. The Balaban J connectivity index is 3.15. The molecule has 6 heteroatoms. The van der Waals surface area contributed by atoms with Crippen LogP contribution in [0, 0.1) is 0 Å². The van der Waals surface area contributed by atoms with Crippen LogP contribution in [0.1, 0.15) is 41.0 Å². The van der Waals surface area contributed by atoms with Crippen LogP contribution in [-0.2, 0) is 4.79 Å². The predicted octanol–water partition coefficient (Wildman–Crippen LogP) is 1.26. The van der Waals surface area contributed by atoms with E-state index < -0.39 is 17.9 Å². The van der Waals surface area contributed by atoms with E-state index in [1.807, 2.05) is 0 Å². The highest BCUT2D eigenvalue weighted by molar-refractivity contribution is 6.07. The number of ketones is 1. The van der Waals surface area contributed by atoms with Crippen molar-refractivity contribution >= 4 is 23.3 Å². The van der Waals surface area contributed by atoms with Gasteiger partial charge in [0.15, 0.2) is 5.78 Å². The zero-order valence-electron chi connectivity index (χ0n) is 10.8. The molecule has 0 spiro atoms. The van der Waals surface area contributed by atoms with E-state index in [-0.39, 0.29) is 23.3 Å². The lowest BCUT2D eigenvalue weighted by Gasteiger charge is -2.10. The van der Waals surface area contributed by atoms with Gasteiger partial charge in [-0.05, 0) is 25.1 Å². The molecule has 0 unspecified atom stereocenters. The van der Waals surface area contributed by atoms with E-state index in [0.29, 0.717) is 5.69 Å². The first kappa shape index (κ1) is 14.8. The monoisotopic (exact) mass is 264 g/mol. The molecule has 0 radical (unpaired) electrons. The Hall–Kier alpha value is -2.21. The molecule has 1 amide bonds. The second-order valence-corrected chi connectivity index (χ2v) is 4.12. The normalized spacial score (nSPS) is 11.7. The zero-order chi connectivity index (χ0) is 14.6. The van der Waals surface area contributed by atoms with Gasteiger partial charge in [-0.25, -0.2) is 4.79 Å². The van der Waals surface area contributed by atoms with Crippen LogP contribution in [0.2, 0.25) is 0 Å². The molecular formula is C13H16N2O4. The molecule has 0 saturated carbocycles. The lowest BCUT2D eigenvalue weighted by atomic mass is 10.0. The number of aromatic carboxylic acids is 1. The van der Waals surface area contributed by atoms with E-state index in [9.17, 15) is 14.4 Å². The largest absolute Gasteiger partial charge is 0.478 e. The Morgan fingerprint density at radius 1 is 1.32 bits per heavy atom. The number of carbonyl (C=O) groups excluding carboxylic acids is 2. The summed E-state index contributed by atoms with van der Waals surface area (Å²) in [6.07, 6.45) is 0.185. The van der Waals surface area contributed by atoms with Crippen molar-refractivity contribution in [2.75, 3.05) is 5.32 Å². The SMILES string of the molecule is CCC(=O)c1cc(NC(=O)[C@H](C)N)ccc1C(=O)O. The summed E-state index contributed by atoms with van der Waals surface area (Å²) >= 11 is 0. The van der Waals surface area contributed by atoms with Crippen LogP contribution in [0.15, 0.2) is 18.2 Å². The summed E-state index contributed by atoms with van der Waals surface area (Å²) in [6, 6.07) is 3.39. The fourth-order valence-corrected chi connectivity index (χ4v) is 1.49. The third kappa shape index (κ3) is 3.62. The van der Waals surface area contributed by atoms with Crippen molar-refractivity contribution in [1.29, 1.82) is 0 Å². The van der Waals surface area contributed by atoms with Gasteiger partial charge >= 0.3 is 5.97 Å². The molecule has 0 fully saturated rings. The van der Waals surface area contributed by atoms with Crippen LogP contribution < -0.4 is 11.1 Å². The summed E-state index contributed by atoms with van der Waals surface area (Å²) in [5.74, 6) is -1.88. The number of benzene rings is 1. The molecule has 19 heavy (non-hydrogen) atoms. The average Bonchev–Trinajstić information content (AvgIpc) is 2.37. The molecule has 1 rings (SSSR count). The van der Waals surface area contributed by atoms with Gasteiger partial charge in [-0.2, -0.15) is 0 Å². The smallest absolute Gasteiger partial charge is 0.336 e. The highest BCUT2D eigenvalue weighted by atomic mass is 16.4. The van der Waals surface area contributed by atoms with Gasteiger partial charge in [0.2, 0.25) is 5.91 Å². The van der Waals surface area contributed by atoms with E-state index in [2.05, 4.69) is 5.32 Å². The van der Waals surface area contributed by atoms with Crippen molar-refractivity contribution in [3.05, 3.63) is 29.3 Å². The Morgan fingerprint density at radius 3 is 2.42 bits per heavy atom. The van der Waals surface area contributed by atoms with Gasteiger partial charge in [-0.3, -0.25) is 9.59 Å². The van der Waals surface area contributed by atoms with E-state index >= 15 is 0 Å². The first-order valence-electron chi connectivity index (χ1n) is 5.83. The molecular weight excluding hydrogens is 248 g/mol. The first-order valence-corrected chi connectivity index (χ1v) is 5.83. The number of carbonyl (C=O) groups is 3. The summed E-state index contributed by atoms with van der Waals surface area (Å²) in [6.45, 7) is 3.17. The first-order chi connectivity index (χ1) is 8.86. The van der Waals surface area contributed by atoms with E-state index in [1.54, 1.807) is 6.92 Å². The average molecular weight is 264 g/mol. The van der Waals surface area contributed by atoms with Gasteiger partial charge in [-0.15, -0.1) is 0 Å². The summed E-state index contributed by atoms with van der Waals surface area (Å²) in [5.41, 5.74) is 5.77. The molecule has 0 saturated heterocycles. The quantitative estimate of drug-likeness (QED) is 0.693. The Bertz CT molecular complexity index is 523. The van der Waals surface area contributed by atoms with Crippen molar-refractivity contribution in [1.82, 2.24) is 0 Å². The summed E-state index contributed by atoms with van der Waals surface area (Å²) < 4.78 is 0. The van der Waals surface area contributed by atoms with Gasteiger partial charge in [0.25, 0.3) is 0 Å². The number of carboxylic acid groups (broad SMARTS) is 1. The maximum Gasteiger partial charge on any atom is 0.336 e. The molecule has 0 aliphatic heterocycles. The highest BCUT2D eigenvalue weighted by Gasteiger charge is 2.17. The summed E-state index contributed by atoms with van der Waals surface area (Å²) in [7, 11) is 0. The number of nitrogens with two attached hydrogens (primary N) is 1. The van der Waals surface area contributed by atoms with Crippen molar-refractivity contribution in [2.45, 2.75) is 26.3 Å². The van der Waals surface area contributed by atoms with Crippen LogP contribution in [0.4, 0.5) is 5.69 Å². The van der Waals surface area contributed by atoms with Crippen LogP contribution in [0.25, 0.3) is 0 Å². The van der Waals surface area contributed by atoms with Gasteiger partial charge < -0.3 is 16.2 Å². The van der Waals surface area contributed by atoms with Crippen molar-refractivity contribution in [3.8, 4) is 0 Å². The Kier molecular flexibility index (Phi) is 4.77. The number of nitrogens with one attached hydrogen (secondary N) is 1. The van der Waals surface area contributed by atoms with Gasteiger partial charge in [0.1, 0.15) is 0 Å². The number of hydrogen-bond donors (Lipinski definition) is 3. The number of anilines is 1. The zero-order valence-corrected chi connectivity index (χ0v) is 10.8. The molecule has 6 nitrogen and oxygen atoms in total. The predicted molar refractivity (Wildman–Crippen MR) is 70.3 cm³/mol. The number of Topliss-reactive ketones (excluding diaryl/α,β-unsaturated/α-hetero) is 1. The second kappa shape index (κ2) is 6.10. The fourth-order valence-electron chi connectivity index (χ4n) is 1.49. The molecule has 0 bridgehead atoms. The number of carboxylic acids is 1. The lowest BCUT2D eigenvalue weighted by molar-refractivity contribution is -0.117. The standard InChI is InChI=1S/C13H16N2O4/c1-3-11(16)10-6-8(15-12(17)7(2)14)4-5-9(10)13(18)19/h4-7H,3,14H2,1-2H3,(H,15,17)(H,18,19)/t7-/m0/s1.